The van der Waals surface area contributed by atoms with Crippen molar-refractivity contribution in [1.82, 2.24) is 4.90 Å². The summed E-state index contributed by atoms with van der Waals surface area (Å²) < 4.78 is 30.0. The van der Waals surface area contributed by atoms with E-state index in [1.54, 1.807) is 23.1 Å². The Morgan fingerprint density at radius 3 is 2.87 bits per heavy atom. The summed E-state index contributed by atoms with van der Waals surface area (Å²) >= 11 is 1.45. The minimum Gasteiger partial charge on any atom is -0.465 e. The average Bonchev–Trinajstić information content (AvgIpc) is 3.19. The highest BCUT2D eigenvalue weighted by molar-refractivity contribution is 7.91. The molecule has 1 unspecified atom stereocenters. The highest BCUT2D eigenvalue weighted by Gasteiger charge is 2.32. The van der Waals surface area contributed by atoms with Crippen LogP contribution in [0.5, 0.6) is 0 Å². The molecule has 122 valence electrons. The summed E-state index contributed by atoms with van der Waals surface area (Å²) in [4.78, 5) is 14.7. The van der Waals surface area contributed by atoms with Crippen molar-refractivity contribution in [2.45, 2.75) is 11.7 Å². The average molecular weight is 351 g/mol. The third-order valence-corrected chi connectivity index (χ3v) is 7.09. The van der Waals surface area contributed by atoms with Crippen LogP contribution in [0.2, 0.25) is 0 Å². The molecule has 5 nitrogen and oxygen atoms in total. The van der Waals surface area contributed by atoms with E-state index in [1.165, 1.54) is 23.7 Å². The lowest BCUT2D eigenvalue weighted by molar-refractivity contribution is -0.125. The van der Waals surface area contributed by atoms with E-state index in [0.717, 1.165) is 4.88 Å². The van der Waals surface area contributed by atoms with Crippen LogP contribution in [0.1, 0.15) is 22.3 Å². The van der Waals surface area contributed by atoms with Gasteiger partial charge in [-0.25, -0.2) is 8.42 Å². The van der Waals surface area contributed by atoms with Gasteiger partial charge in [0.1, 0.15) is 5.76 Å². The van der Waals surface area contributed by atoms with E-state index in [1.807, 2.05) is 17.5 Å². The Bertz CT molecular complexity index is 776. The lowest BCUT2D eigenvalue weighted by atomic mass is 10.2. The highest BCUT2D eigenvalue weighted by Crippen LogP contribution is 2.32. The summed E-state index contributed by atoms with van der Waals surface area (Å²) in [5, 5.41) is 1.37. The molecular weight excluding hydrogens is 334 g/mol. The first kappa shape index (κ1) is 16.0. The molecule has 0 spiro atoms. The number of hydrogen-bond acceptors (Lipinski definition) is 5. The van der Waals surface area contributed by atoms with E-state index in [0.29, 0.717) is 18.7 Å². The molecule has 0 radical (unpaired) electrons. The Kier molecular flexibility index (Phi) is 4.68. The van der Waals surface area contributed by atoms with Crippen LogP contribution in [0.4, 0.5) is 0 Å². The molecule has 23 heavy (non-hydrogen) atoms. The van der Waals surface area contributed by atoms with Gasteiger partial charge in [0, 0.05) is 24.0 Å². The summed E-state index contributed by atoms with van der Waals surface area (Å²) in [6.07, 6.45) is 4.99. The molecule has 0 N–H and O–H groups in total. The van der Waals surface area contributed by atoms with Crippen molar-refractivity contribution in [1.29, 1.82) is 0 Å². The first-order chi connectivity index (χ1) is 11.1. The highest BCUT2D eigenvalue weighted by atomic mass is 32.2. The van der Waals surface area contributed by atoms with Crippen molar-refractivity contribution in [3.05, 3.63) is 52.6 Å². The van der Waals surface area contributed by atoms with Crippen molar-refractivity contribution in [2.24, 2.45) is 0 Å². The van der Waals surface area contributed by atoms with Gasteiger partial charge in [-0.1, -0.05) is 6.07 Å². The largest absolute Gasteiger partial charge is 0.465 e. The van der Waals surface area contributed by atoms with Crippen molar-refractivity contribution >= 4 is 33.2 Å². The standard InChI is InChI=1S/C16H17NO4S2/c18-16(6-5-13-3-1-10-21-13)17-8-7-15(14-4-2-11-22-14)23(19,20)12-9-17/h1-6,10-11,15H,7-9,12H2/b6-5+. The molecule has 0 aliphatic carbocycles. The Morgan fingerprint density at radius 1 is 1.30 bits per heavy atom. The molecule has 0 saturated carbocycles. The van der Waals surface area contributed by atoms with Crippen LogP contribution < -0.4 is 0 Å². The topological polar surface area (TPSA) is 67.6 Å². The Hall–Kier alpha value is -1.86. The minimum atomic E-state index is -3.23. The van der Waals surface area contributed by atoms with Gasteiger partial charge in [0.15, 0.2) is 9.84 Å². The molecule has 1 amide bonds. The molecule has 2 aromatic heterocycles. The summed E-state index contributed by atoms with van der Waals surface area (Å²) in [7, 11) is -3.23. The molecule has 1 aliphatic rings. The number of sulfone groups is 1. The maximum Gasteiger partial charge on any atom is 0.246 e. The maximum atomic E-state index is 12.4. The molecule has 1 atom stereocenters. The SMILES string of the molecule is O=C(/C=C/c1ccco1)N1CCC(c2cccs2)S(=O)(=O)CC1. The number of rotatable bonds is 3. The van der Waals surface area contributed by atoms with E-state index in [2.05, 4.69) is 0 Å². The predicted molar refractivity (Wildman–Crippen MR) is 89.8 cm³/mol. The zero-order chi connectivity index (χ0) is 16.3. The van der Waals surface area contributed by atoms with Crippen LogP contribution in [0.3, 0.4) is 0 Å². The molecule has 3 heterocycles. The zero-order valence-corrected chi connectivity index (χ0v) is 14.1. The van der Waals surface area contributed by atoms with Gasteiger partial charge in [0.2, 0.25) is 5.91 Å². The molecule has 2 aromatic rings. The van der Waals surface area contributed by atoms with Crippen molar-refractivity contribution in [3.63, 3.8) is 0 Å². The van der Waals surface area contributed by atoms with Crippen molar-refractivity contribution in [3.8, 4) is 0 Å². The predicted octanol–water partition coefficient (Wildman–Crippen LogP) is 2.74. The maximum absolute atomic E-state index is 12.4. The fraction of sp³-hybridized carbons (Fsp3) is 0.312. The van der Waals surface area contributed by atoms with E-state index in [-0.39, 0.29) is 18.2 Å². The Balaban J connectivity index is 1.71. The van der Waals surface area contributed by atoms with E-state index in [9.17, 15) is 13.2 Å². The van der Waals surface area contributed by atoms with Gasteiger partial charge in [-0.15, -0.1) is 11.3 Å². The molecule has 0 bridgehead atoms. The second-order valence-electron chi connectivity index (χ2n) is 5.33. The second-order valence-corrected chi connectivity index (χ2v) is 8.62. The van der Waals surface area contributed by atoms with Gasteiger partial charge in [-0.2, -0.15) is 0 Å². The molecule has 1 saturated heterocycles. The van der Waals surface area contributed by atoms with Gasteiger partial charge in [0.25, 0.3) is 0 Å². The molecule has 7 heteroatoms. The molecule has 3 rings (SSSR count). The van der Waals surface area contributed by atoms with E-state index < -0.39 is 15.1 Å². The first-order valence-electron chi connectivity index (χ1n) is 7.32. The van der Waals surface area contributed by atoms with Crippen LogP contribution in [0.15, 0.2) is 46.4 Å². The summed E-state index contributed by atoms with van der Waals surface area (Å²) in [5.41, 5.74) is 0. The van der Waals surface area contributed by atoms with Gasteiger partial charge in [0.05, 0.1) is 17.3 Å². The number of thiophene rings is 1. The van der Waals surface area contributed by atoms with Crippen molar-refractivity contribution in [2.75, 3.05) is 18.8 Å². The summed E-state index contributed by atoms with van der Waals surface area (Å²) in [6, 6.07) is 7.20. The molecular formula is C16H17NO4S2. The fourth-order valence-corrected chi connectivity index (χ4v) is 5.61. The number of hydrogen-bond donors (Lipinski definition) is 0. The molecule has 1 aliphatic heterocycles. The number of carbonyl (C=O) groups is 1. The van der Waals surface area contributed by atoms with Gasteiger partial charge >= 0.3 is 0 Å². The van der Waals surface area contributed by atoms with Crippen LogP contribution in [0, 0.1) is 0 Å². The normalized spacial score (nSPS) is 21.4. The summed E-state index contributed by atoms with van der Waals surface area (Å²) in [5.74, 6) is 0.399. The zero-order valence-electron chi connectivity index (χ0n) is 12.4. The third-order valence-electron chi connectivity index (χ3n) is 3.85. The second kappa shape index (κ2) is 6.72. The van der Waals surface area contributed by atoms with Gasteiger partial charge in [-0.05, 0) is 36.1 Å². The molecule has 1 fully saturated rings. The van der Waals surface area contributed by atoms with Crippen LogP contribution >= 0.6 is 11.3 Å². The monoisotopic (exact) mass is 351 g/mol. The smallest absolute Gasteiger partial charge is 0.246 e. The fourth-order valence-electron chi connectivity index (χ4n) is 2.60. The number of nitrogens with zero attached hydrogens (tertiary/aromatic N) is 1. The Labute approximate surface area is 139 Å². The lowest BCUT2D eigenvalue weighted by Crippen LogP contribution is -2.32. The quantitative estimate of drug-likeness (QED) is 0.798. The van der Waals surface area contributed by atoms with Crippen molar-refractivity contribution < 1.29 is 17.6 Å². The van der Waals surface area contributed by atoms with Crippen LogP contribution in [-0.4, -0.2) is 38.1 Å². The minimum absolute atomic E-state index is 0.00407. The van der Waals surface area contributed by atoms with E-state index >= 15 is 0 Å². The molecule has 0 aromatic carbocycles. The lowest BCUT2D eigenvalue weighted by Gasteiger charge is -2.17. The van der Waals surface area contributed by atoms with Gasteiger partial charge < -0.3 is 9.32 Å². The first-order valence-corrected chi connectivity index (χ1v) is 9.91. The number of amides is 1. The number of furan rings is 1. The van der Waals surface area contributed by atoms with Crippen LogP contribution in [-0.2, 0) is 14.6 Å². The van der Waals surface area contributed by atoms with Crippen LogP contribution in [0.25, 0.3) is 6.08 Å². The summed E-state index contributed by atoms with van der Waals surface area (Å²) in [6.45, 7) is 0.661. The Morgan fingerprint density at radius 2 is 2.17 bits per heavy atom. The van der Waals surface area contributed by atoms with Gasteiger partial charge in [-0.3, -0.25) is 4.79 Å². The number of carbonyl (C=O) groups excluding carboxylic acids is 1. The third kappa shape index (κ3) is 3.73. The van der Waals surface area contributed by atoms with E-state index in [4.69, 9.17) is 4.42 Å².